The second kappa shape index (κ2) is 8.18. The Balaban J connectivity index is 1.85. The molecule has 1 aromatic heterocycles. The second-order valence-corrected chi connectivity index (χ2v) is 7.09. The van der Waals surface area contributed by atoms with Gasteiger partial charge in [-0.2, -0.15) is 0 Å². The van der Waals surface area contributed by atoms with Crippen LogP contribution in [0.3, 0.4) is 0 Å². The van der Waals surface area contributed by atoms with Gasteiger partial charge in [0, 0.05) is 5.41 Å². The summed E-state index contributed by atoms with van der Waals surface area (Å²) in [6, 6.07) is 2.09. The Kier molecular flexibility index (Phi) is 6.24. The van der Waals surface area contributed by atoms with E-state index in [0.717, 1.165) is 43.4 Å². The number of allylic oxidation sites excluding steroid dienone is 4. The predicted octanol–water partition coefficient (Wildman–Crippen LogP) is 5.58. The second-order valence-electron chi connectivity index (χ2n) is 7.09. The molecule has 1 atom stereocenters. The van der Waals surface area contributed by atoms with Crippen LogP contribution in [-0.4, -0.2) is 11.1 Å². The van der Waals surface area contributed by atoms with Crippen LogP contribution in [0.15, 0.2) is 52.7 Å². The third kappa shape index (κ3) is 4.98. The van der Waals surface area contributed by atoms with Crippen molar-refractivity contribution >= 4 is 5.97 Å². The normalized spacial score (nSPS) is 21.0. The van der Waals surface area contributed by atoms with Crippen molar-refractivity contribution in [2.45, 2.75) is 64.2 Å². The van der Waals surface area contributed by atoms with Gasteiger partial charge in [0.1, 0.15) is 5.76 Å². The molecule has 3 nitrogen and oxygen atoms in total. The van der Waals surface area contributed by atoms with E-state index in [4.69, 9.17) is 9.52 Å². The van der Waals surface area contributed by atoms with Crippen LogP contribution in [-0.2, 0) is 16.6 Å². The summed E-state index contributed by atoms with van der Waals surface area (Å²) in [5.41, 5.74) is 3.43. The number of aliphatic carboxylic acids is 1. The summed E-state index contributed by atoms with van der Waals surface area (Å²) in [4.78, 5) is 10.6. The van der Waals surface area contributed by atoms with Crippen LogP contribution in [0.25, 0.3) is 0 Å². The van der Waals surface area contributed by atoms with Crippen LogP contribution in [0.1, 0.15) is 63.7 Å². The van der Waals surface area contributed by atoms with Crippen molar-refractivity contribution in [3.05, 3.63) is 59.6 Å². The highest BCUT2D eigenvalue weighted by atomic mass is 16.4. The fraction of sp³-hybridized carbons (Fsp3) is 0.476. The summed E-state index contributed by atoms with van der Waals surface area (Å²) in [7, 11) is 0. The van der Waals surface area contributed by atoms with E-state index in [1.807, 2.05) is 0 Å². The highest BCUT2D eigenvalue weighted by Crippen LogP contribution is 2.38. The Morgan fingerprint density at radius 2 is 2.25 bits per heavy atom. The Labute approximate surface area is 144 Å². The van der Waals surface area contributed by atoms with Gasteiger partial charge in [0.2, 0.25) is 0 Å². The Morgan fingerprint density at radius 3 is 3.00 bits per heavy atom. The first-order valence-corrected chi connectivity index (χ1v) is 8.71. The molecule has 1 aliphatic rings. The third-order valence-electron chi connectivity index (χ3n) is 4.76. The van der Waals surface area contributed by atoms with Crippen molar-refractivity contribution in [3.63, 3.8) is 0 Å². The van der Waals surface area contributed by atoms with Crippen LogP contribution < -0.4 is 0 Å². The fourth-order valence-corrected chi connectivity index (χ4v) is 3.38. The van der Waals surface area contributed by atoms with Gasteiger partial charge in [0.25, 0.3) is 0 Å². The molecule has 24 heavy (non-hydrogen) atoms. The quantitative estimate of drug-likeness (QED) is 0.501. The highest BCUT2D eigenvalue weighted by Gasteiger charge is 2.32. The van der Waals surface area contributed by atoms with Crippen LogP contribution in [0.5, 0.6) is 0 Å². The van der Waals surface area contributed by atoms with Crippen molar-refractivity contribution in [2.24, 2.45) is 0 Å². The summed E-state index contributed by atoms with van der Waals surface area (Å²) in [6.45, 7) is 8.17. The number of carbonyl (C=O) groups is 1. The molecule has 0 fully saturated rings. The average molecular weight is 328 g/mol. The average Bonchev–Trinajstić information content (AvgIpc) is 2.96. The molecule has 0 radical (unpaired) electrons. The summed E-state index contributed by atoms with van der Waals surface area (Å²) < 4.78 is 5.72. The van der Waals surface area contributed by atoms with Crippen molar-refractivity contribution in [1.29, 1.82) is 0 Å². The summed E-state index contributed by atoms with van der Waals surface area (Å²) in [5.74, 6) is 0.314. The molecule has 130 valence electrons. The van der Waals surface area contributed by atoms with Crippen molar-refractivity contribution < 1.29 is 14.3 Å². The molecule has 2 rings (SSSR count). The summed E-state index contributed by atoms with van der Waals surface area (Å²) >= 11 is 0. The lowest BCUT2D eigenvalue weighted by atomic mass is 9.75. The van der Waals surface area contributed by atoms with Gasteiger partial charge in [-0.15, -0.1) is 0 Å². The van der Waals surface area contributed by atoms with Crippen molar-refractivity contribution in [2.75, 3.05) is 0 Å². The molecule has 0 saturated carbocycles. The molecular weight excluding hydrogens is 300 g/mol. The minimum Gasteiger partial charge on any atom is -0.481 e. The molecule has 0 spiro atoms. The predicted molar refractivity (Wildman–Crippen MR) is 97.1 cm³/mol. The fourth-order valence-electron chi connectivity index (χ4n) is 3.38. The molecule has 0 aromatic carbocycles. The zero-order valence-electron chi connectivity index (χ0n) is 14.8. The van der Waals surface area contributed by atoms with Gasteiger partial charge in [-0.1, -0.05) is 36.0 Å². The zero-order valence-corrected chi connectivity index (χ0v) is 14.8. The van der Waals surface area contributed by atoms with Gasteiger partial charge >= 0.3 is 5.97 Å². The molecule has 0 bridgehead atoms. The van der Waals surface area contributed by atoms with Gasteiger partial charge in [0.05, 0.1) is 12.7 Å². The van der Waals surface area contributed by atoms with Crippen LogP contribution in [0.4, 0.5) is 0 Å². The number of furan rings is 1. The zero-order chi connectivity index (χ0) is 17.6. The number of carboxylic acids is 1. The number of aryl methyl sites for hydroxylation is 1. The number of rotatable bonds is 8. The minimum atomic E-state index is -0.798. The van der Waals surface area contributed by atoms with Gasteiger partial charge in [-0.25, -0.2) is 0 Å². The van der Waals surface area contributed by atoms with E-state index >= 15 is 0 Å². The Morgan fingerprint density at radius 1 is 1.46 bits per heavy atom. The number of carboxylic acid groups (broad SMARTS) is 1. The maximum atomic E-state index is 10.6. The first-order valence-electron chi connectivity index (χ1n) is 8.71. The van der Waals surface area contributed by atoms with Crippen molar-refractivity contribution in [1.82, 2.24) is 0 Å². The monoisotopic (exact) mass is 328 g/mol. The van der Waals surface area contributed by atoms with Crippen LogP contribution in [0, 0.1) is 0 Å². The van der Waals surface area contributed by atoms with E-state index in [-0.39, 0.29) is 11.8 Å². The molecule has 0 aliphatic heterocycles. The molecule has 0 saturated heterocycles. The lowest BCUT2D eigenvalue weighted by molar-refractivity contribution is -0.136. The van der Waals surface area contributed by atoms with Crippen molar-refractivity contribution in [3.8, 4) is 0 Å². The molecular formula is C21H28O3. The highest BCUT2D eigenvalue weighted by molar-refractivity contribution is 5.69. The standard InChI is InChI=1S/C21H28O3/c1-16(7-4-8-17(2)15-19(22)23)9-5-12-21(3)13-6-10-18-11-14-24-20(18)21/h5,9,11-12,14H,2,4,6-8,10,13,15H2,1,3H3,(H,22,23)/b12-5+,16-9+. The number of fused-ring (bicyclic) bond motifs is 1. The van der Waals surface area contributed by atoms with Crippen LogP contribution in [0.2, 0.25) is 0 Å². The molecule has 3 heteroatoms. The largest absolute Gasteiger partial charge is 0.481 e. The first kappa shape index (κ1) is 18.3. The third-order valence-corrected chi connectivity index (χ3v) is 4.76. The van der Waals surface area contributed by atoms with E-state index < -0.39 is 5.97 Å². The molecule has 1 N–H and O–H groups in total. The van der Waals surface area contributed by atoms with Gasteiger partial charge < -0.3 is 9.52 Å². The topological polar surface area (TPSA) is 50.4 Å². The number of hydrogen-bond donors (Lipinski definition) is 1. The van der Waals surface area contributed by atoms with E-state index in [9.17, 15) is 4.79 Å². The van der Waals surface area contributed by atoms with Crippen LogP contribution >= 0.6 is 0 Å². The minimum absolute atomic E-state index is 0.0103. The van der Waals surface area contributed by atoms with Gasteiger partial charge in [0.15, 0.2) is 0 Å². The molecule has 1 aliphatic carbocycles. The maximum Gasteiger partial charge on any atom is 0.307 e. The maximum absolute atomic E-state index is 10.6. The summed E-state index contributed by atoms with van der Waals surface area (Å²) in [6.07, 6.45) is 14.5. The van der Waals surface area contributed by atoms with Gasteiger partial charge in [-0.3, -0.25) is 4.79 Å². The SMILES string of the molecule is C=C(CCC/C(C)=C/C=C/C1(C)CCCc2ccoc21)CC(=O)O. The van der Waals surface area contributed by atoms with Gasteiger partial charge in [-0.05, 0) is 64.0 Å². The lowest BCUT2D eigenvalue weighted by Crippen LogP contribution is -2.23. The number of hydrogen-bond acceptors (Lipinski definition) is 2. The van der Waals surface area contributed by atoms with E-state index in [0.29, 0.717) is 0 Å². The van der Waals surface area contributed by atoms with E-state index in [2.05, 4.69) is 44.7 Å². The van der Waals surface area contributed by atoms with E-state index in [1.165, 1.54) is 17.6 Å². The smallest absolute Gasteiger partial charge is 0.307 e. The Hall–Kier alpha value is -2.03. The molecule has 1 heterocycles. The molecule has 0 amide bonds. The lowest BCUT2D eigenvalue weighted by Gasteiger charge is -2.29. The summed E-state index contributed by atoms with van der Waals surface area (Å²) in [5, 5.41) is 8.72. The molecule has 1 aromatic rings. The first-order chi connectivity index (χ1) is 11.4. The molecule has 1 unspecified atom stereocenters. The Bertz CT molecular complexity index is 648. The van der Waals surface area contributed by atoms with E-state index in [1.54, 1.807) is 6.26 Å².